The zero-order valence-corrected chi connectivity index (χ0v) is 11.0. The summed E-state index contributed by atoms with van der Waals surface area (Å²) >= 11 is 0. The highest BCUT2D eigenvalue weighted by atomic mass is 15.1. The number of likely N-dealkylation sites (N-methyl/N-ethyl adjacent to an activating group) is 1. The first-order chi connectivity index (χ1) is 8.65. The van der Waals surface area contributed by atoms with Gasteiger partial charge >= 0.3 is 0 Å². The van der Waals surface area contributed by atoms with Gasteiger partial charge < -0.3 is 15.2 Å². The molecule has 0 aliphatic carbocycles. The van der Waals surface area contributed by atoms with Gasteiger partial charge in [-0.05, 0) is 31.7 Å². The molecule has 0 spiro atoms. The van der Waals surface area contributed by atoms with E-state index in [1.54, 1.807) is 0 Å². The average molecular weight is 244 g/mol. The van der Waals surface area contributed by atoms with Gasteiger partial charge in [0.2, 0.25) is 0 Å². The molecule has 0 bridgehead atoms. The van der Waals surface area contributed by atoms with E-state index < -0.39 is 0 Å². The zero-order chi connectivity index (χ0) is 13.0. The second-order valence-electron chi connectivity index (χ2n) is 4.65. The third kappa shape index (κ3) is 3.34. The van der Waals surface area contributed by atoms with Crippen molar-refractivity contribution in [1.82, 2.24) is 14.5 Å². The molecule has 0 amide bonds. The summed E-state index contributed by atoms with van der Waals surface area (Å²) < 4.78 is 2.17. The van der Waals surface area contributed by atoms with E-state index in [0.717, 1.165) is 31.1 Å². The van der Waals surface area contributed by atoms with Gasteiger partial charge in [0.1, 0.15) is 5.82 Å². The Balaban J connectivity index is 1.83. The number of rotatable bonds is 5. The normalized spacial score (nSPS) is 11.1. The molecule has 0 atom stereocenters. The van der Waals surface area contributed by atoms with Gasteiger partial charge in [-0.1, -0.05) is 12.1 Å². The minimum Gasteiger partial charge on any atom is -0.399 e. The highest BCUT2D eigenvalue weighted by molar-refractivity contribution is 5.39. The molecule has 2 N–H and O–H groups in total. The third-order valence-corrected chi connectivity index (χ3v) is 3.08. The summed E-state index contributed by atoms with van der Waals surface area (Å²) in [6.45, 7) is 4.94. The Labute approximate surface area is 108 Å². The quantitative estimate of drug-likeness (QED) is 0.817. The van der Waals surface area contributed by atoms with Crippen molar-refractivity contribution in [3.8, 4) is 0 Å². The van der Waals surface area contributed by atoms with Crippen LogP contribution < -0.4 is 5.73 Å². The summed E-state index contributed by atoms with van der Waals surface area (Å²) in [7, 11) is 2.13. The van der Waals surface area contributed by atoms with Crippen molar-refractivity contribution in [2.24, 2.45) is 0 Å². The number of nitrogen functional groups attached to an aromatic ring is 1. The molecule has 2 rings (SSSR count). The van der Waals surface area contributed by atoms with Gasteiger partial charge in [-0.2, -0.15) is 0 Å². The van der Waals surface area contributed by atoms with Crippen molar-refractivity contribution in [2.45, 2.75) is 20.0 Å². The van der Waals surface area contributed by atoms with E-state index in [1.165, 1.54) is 5.56 Å². The molecule has 0 saturated carbocycles. The lowest BCUT2D eigenvalue weighted by molar-refractivity contribution is 0.310. The molecule has 0 aliphatic heterocycles. The van der Waals surface area contributed by atoms with Crippen molar-refractivity contribution < 1.29 is 0 Å². The second-order valence-corrected chi connectivity index (χ2v) is 4.65. The number of anilines is 1. The van der Waals surface area contributed by atoms with Gasteiger partial charge in [-0.25, -0.2) is 4.98 Å². The Bertz CT molecular complexity index is 487. The summed E-state index contributed by atoms with van der Waals surface area (Å²) in [5, 5.41) is 0. The Morgan fingerprint density at radius 2 is 2.00 bits per heavy atom. The molecule has 0 unspecified atom stereocenters. The molecule has 0 fully saturated rings. The number of hydrogen-bond acceptors (Lipinski definition) is 3. The van der Waals surface area contributed by atoms with Gasteiger partial charge in [-0.15, -0.1) is 0 Å². The van der Waals surface area contributed by atoms with Gasteiger partial charge in [0, 0.05) is 37.7 Å². The van der Waals surface area contributed by atoms with E-state index in [2.05, 4.69) is 33.6 Å². The van der Waals surface area contributed by atoms with Crippen LogP contribution in [-0.2, 0) is 13.1 Å². The predicted molar refractivity (Wildman–Crippen MR) is 74.2 cm³/mol. The fourth-order valence-electron chi connectivity index (χ4n) is 1.93. The van der Waals surface area contributed by atoms with Crippen molar-refractivity contribution in [3.05, 3.63) is 48.0 Å². The summed E-state index contributed by atoms with van der Waals surface area (Å²) in [6, 6.07) is 8.05. The highest BCUT2D eigenvalue weighted by Crippen LogP contribution is 2.07. The minimum atomic E-state index is 0.815. The van der Waals surface area contributed by atoms with Crippen molar-refractivity contribution in [2.75, 3.05) is 19.3 Å². The van der Waals surface area contributed by atoms with Crippen LogP contribution in [0.4, 0.5) is 5.69 Å². The van der Waals surface area contributed by atoms with Crippen LogP contribution in [0, 0.1) is 6.92 Å². The Hall–Kier alpha value is -1.81. The smallest absolute Gasteiger partial charge is 0.105 e. The van der Waals surface area contributed by atoms with Crippen LogP contribution >= 0.6 is 0 Å². The number of benzene rings is 1. The molecule has 1 heterocycles. The van der Waals surface area contributed by atoms with Crippen LogP contribution in [0.25, 0.3) is 0 Å². The van der Waals surface area contributed by atoms with Crippen LogP contribution in [0.2, 0.25) is 0 Å². The molecule has 4 heteroatoms. The minimum absolute atomic E-state index is 0.815. The van der Waals surface area contributed by atoms with Crippen molar-refractivity contribution in [1.29, 1.82) is 0 Å². The number of nitrogens with two attached hydrogens (primary N) is 1. The van der Waals surface area contributed by atoms with E-state index in [9.17, 15) is 0 Å². The first-order valence-electron chi connectivity index (χ1n) is 6.16. The maximum Gasteiger partial charge on any atom is 0.105 e. The molecule has 0 radical (unpaired) electrons. The molecule has 0 aliphatic rings. The molecule has 1 aromatic carbocycles. The van der Waals surface area contributed by atoms with Gasteiger partial charge in [0.15, 0.2) is 0 Å². The maximum atomic E-state index is 5.67. The fraction of sp³-hybridized carbons (Fsp3) is 0.357. The van der Waals surface area contributed by atoms with Gasteiger partial charge in [-0.3, -0.25) is 0 Å². The summed E-state index contributed by atoms with van der Waals surface area (Å²) in [4.78, 5) is 6.52. The number of nitrogens with zero attached hydrogens (tertiary/aromatic N) is 3. The first kappa shape index (κ1) is 12.6. The van der Waals surface area contributed by atoms with Gasteiger partial charge in [0.25, 0.3) is 0 Å². The van der Waals surface area contributed by atoms with Crippen LogP contribution in [0.5, 0.6) is 0 Å². The molecule has 0 saturated heterocycles. The topological polar surface area (TPSA) is 47.1 Å². The van der Waals surface area contributed by atoms with Crippen LogP contribution in [0.15, 0.2) is 36.7 Å². The Morgan fingerprint density at radius 3 is 2.61 bits per heavy atom. The molecule has 1 aromatic heterocycles. The average Bonchev–Trinajstić information content (AvgIpc) is 2.75. The monoisotopic (exact) mass is 244 g/mol. The van der Waals surface area contributed by atoms with E-state index in [0.29, 0.717) is 0 Å². The summed E-state index contributed by atoms with van der Waals surface area (Å²) in [5.41, 5.74) is 7.77. The molecule has 96 valence electrons. The standard InChI is InChI=1S/C14H20N4/c1-12-16-7-8-18(12)10-9-17(2)11-13-3-5-14(15)6-4-13/h3-8H,9-11,15H2,1-2H3. The predicted octanol–water partition coefficient (Wildman–Crippen LogP) is 1.91. The number of aromatic nitrogens is 2. The molecular weight excluding hydrogens is 224 g/mol. The van der Waals surface area contributed by atoms with E-state index in [-0.39, 0.29) is 0 Å². The molecule has 18 heavy (non-hydrogen) atoms. The summed E-state index contributed by atoms with van der Waals surface area (Å²) in [5.74, 6) is 1.07. The lowest BCUT2D eigenvalue weighted by Crippen LogP contribution is -2.23. The van der Waals surface area contributed by atoms with Crippen molar-refractivity contribution >= 4 is 5.69 Å². The fourth-order valence-corrected chi connectivity index (χ4v) is 1.93. The zero-order valence-electron chi connectivity index (χ0n) is 11.0. The third-order valence-electron chi connectivity index (χ3n) is 3.08. The first-order valence-corrected chi connectivity index (χ1v) is 6.16. The Morgan fingerprint density at radius 1 is 1.28 bits per heavy atom. The van der Waals surface area contributed by atoms with Crippen molar-refractivity contribution in [3.63, 3.8) is 0 Å². The largest absolute Gasteiger partial charge is 0.399 e. The molecule has 4 nitrogen and oxygen atoms in total. The number of aryl methyl sites for hydroxylation is 1. The lowest BCUT2D eigenvalue weighted by atomic mass is 10.2. The number of hydrogen-bond donors (Lipinski definition) is 1. The molecular formula is C14H20N4. The second kappa shape index (κ2) is 5.69. The summed E-state index contributed by atoms with van der Waals surface area (Å²) in [6.07, 6.45) is 3.86. The SMILES string of the molecule is Cc1nccn1CCN(C)Cc1ccc(N)cc1. The maximum absolute atomic E-state index is 5.67. The van der Waals surface area contributed by atoms with Crippen LogP contribution in [-0.4, -0.2) is 28.0 Å². The van der Waals surface area contributed by atoms with Crippen LogP contribution in [0.3, 0.4) is 0 Å². The van der Waals surface area contributed by atoms with Gasteiger partial charge in [0.05, 0.1) is 0 Å². The lowest BCUT2D eigenvalue weighted by Gasteiger charge is -2.17. The van der Waals surface area contributed by atoms with E-state index >= 15 is 0 Å². The van der Waals surface area contributed by atoms with E-state index in [4.69, 9.17) is 5.73 Å². The number of imidazole rings is 1. The Kier molecular flexibility index (Phi) is 3.99. The molecule has 2 aromatic rings. The highest BCUT2D eigenvalue weighted by Gasteiger charge is 2.02. The van der Waals surface area contributed by atoms with E-state index in [1.807, 2.05) is 31.5 Å². The van der Waals surface area contributed by atoms with Crippen LogP contribution in [0.1, 0.15) is 11.4 Å².